The average molecular weight is 240 g/mol. The number of fused-ring (bicyclic) bond motifs is 2. The molecule has 5 heteroatoms. The van der Waals surface area contributed by atoms with Crippen LogP contribution in [0.1, 0.15) is 44.9 Å². The molecule has 1 saturated heterocycles. The predicted octanol–water partition coefficient (Wildman–Crippen LogP) is 1.65. The maximum atomic E-state index is 14.5. The van der Waals surface area contributed by atoms with Crippen LogP contribution in [-0.2, 0) is 4.79 Å². The zero-order valence-corrected chi connectivity index (χ0v) is 9.72. The average Bonchev–Trinajstić information content (AvgIpc) is 2.51. The van der Waals surface area contributed by atoms with Crippen LogP contribution in [0, 0.1) is 5.41 Å². The van der Waals surface area contributed by atoms with E-state index in [4.69, 9.17) is 0 Å². The minimum absolute atomic E-state index is 0.168. The normalized spacial score (nSPS) is 39.7. The van der Waals surface area contributed by atoms with Gasteiger partial charge >= 0.3 is 6.03 Å². The maximum Gasteiger partial charge on any atom is 0.321 e. The number of hydrogen-bond acceptors (Lipinski definition) is 2. The Morgan fingerprint density at radius 2 is 1.76 bits per heavy atom. The van der Waals surface area contributed by atoms with Gasteiger partial charge in [0.2, 0.25) is 5.67 Å². The van der Waals surface area contributed by atoms with Crippen LogP contribution < -0.4 is 10.6 Å². The van der Waals surface area contributed by atoms with Crippen molar-refractivity contribution in [3.8, 4) is 0 Å². The molecule has 0 aromatic heterocycles. The molecule has 1 heterocycles. The molecule has 94 valence electrons. The van der Waals surface area contributed by atoms with Crippen molar-refractivity contribution >= 4 is 11.9 Å². The van der Waals surface area contributed by atoms with Crippen LogP contribution in [0.4, 0.5) is 9.18 Å². The lowest BCUT2D eigenvalue weighted by Gasteiger charge is -2.59. The molecule has 1 aliphatic heterocycles. The largest absolute Gasteiger partial charge is 0.331 e. The summed E-state index contributed by atoms with van der Waals surface area (Å²) in [5.74, 6) is -0.749. The van der Waals surface area contributed by atoms with Crippen molar-refractivity contribution in [2.45, 2.75) is 56.7 Å². The molecule has 3 amide bonds. The van der Waals surface area contributed by atoms with Crippen LogP contribution in [0.2, 0.25) is 0 Å². The van der Waals surface area contributed by atoms with Gasteiger partial charge in [-0.2, -0.15) is 0 Å². The topological polar surface area (TPSA) is 58.2 Å². The summed E-state index contributed by atoms with van der Waals surface area (Å²) in [7, 11) is 0. The highest BCUT2D eigenvalue weighted by molar-refractivity contribution is 6.03. The minimum atomic E-state index is -1.86. The van der Waals surface area contributed by atoms with E-state index in [2.05, 4.69) is 5.32 Å². The van der Waals surface area contributed by atoms with E-state index in [0.717, 1.165) is 25.7 Å². The van der Waals surface area contributed by atoms with Crippen LogP contribution >= 0.6 is 0 Å². The molecule has 3 fully saturated rings. The Bertz CT molecular complexity index is 377. The number of rotatable bonds is 0. The molecule has 2 atom stereocenters. The summed E-state index contributed by atoms with van der Waals surface area (Å²) in [6, 6.07) is -1.15. The summed E-state index contributed by atoms with van der Waals surface area (Å²) >= 11 is 0. The first-order valence-corrected chi connectivity index (χ1v) is 6.38. The van der Waals surface area contributed by atoms with Gasteiger partial charge in [0.05, 0.1) is 6.04 Å². The highest BCUT2D eigenvalue weighted by Gasteiger charge is 2.69. The Morgan fingerprint density at radius 1 is 1.12 bits per heavy atom. The zero-order valence-electron chi connectivity index (χ0n) is 9.72. The van der Waals surface area contributed by atoms with Gasteiger partial charge in [0.1, 0.15) is 0 Å². The summed E-state index contributed by atoms with van der Waals surface area (Å²) in [5.41, 5.74) is -2.03. The van der Waals surface area contributed by atoms with Crippen molar-refractivity contribution < 1.29 is 14.0 Å². The molecule has 0 bridgehead atoms. The number of imide groups is 1. The molecule has 2 aliphatic carbocycles. The summed E-state index contributed by atoms with van der Waals surface area (Å²) in [6.07, 6.45) is 6.63. The third kappa shape index (κ3) is 1.40. The molecule has 0 radical (unpaired) electrons. The minimum Gasteiger partial charge on any atom is -0.331 e. The zero-order chi connectivity index (χ0) is 12.1. The molecule has 0 aromatic rings. The lowest BCUT2D eigenvalue weighted by molar-refractivity contribution is -0.165. The first-order chi connectivity index (χ1) is 8.07. The molecule has 4 nitrogen and oxygen atoms in total. The van der Waals surface area contributed by atoms with Crippen molar-refractivity contribution in [1.29, 1.82) is 0 Å². The molecule has 2 N–H and O–H groups in total. The van der Waals surface area contributed by atoms with E-state index >= 15 is 0 Å². The van der Waals surface area contributed by atoms with Gasteiger partial charge in [0.25, 0.3) is 5.91 Å². The SMILES string of the molecule is O=C1NC(=O)[C@]2(F)CC3(CCCCCC3)[C@@H]2N1. The van der Waals surface area contributed by atoms with E-state index in [9.17, 15) is 14.0 Å². The molecule has 17 heavy (non-hydrogen) atoms. The van der Waals surface area contributed by atoms with Gasteiger partial charge < -0.3 is 5.32 Å². The Kier molecular flexibility index (Phi) is 2.22. The fraction of sp³-hybridized carbons (Fsp3) is 0.833. The monoisotopic (exact) mass is 240 g/mol. The standard InChI is InChI=1S/C12H17FN2O2/c13-12-7-11(5-3-1-2-4-6-11)8(12)14-10(17)15-9(12)16/h8H,1-7H2,(H2,14,15,16,17)/t8-,12-/m0/s1. The van der Waals surface area contributed by atoms with Crippen LogP contribution in [0.3, 0.4) is 0 Å². The van der Waals surface area contributed by atoms with Crippen molar-refractivity contribution in [2.24, 2.45) is 5.41 Å². The van der Waals surface area contributed by atoms with Crippen LogP contribution in [-0.4, -0.2) is 23.6 Å². The summed E-state index contributed by atoms with van der Waals surface area (Å²) in [6.45, 7) is 0. The lowest BCUT2D eigenvalue weighted by atomic mass is 9.52. The predicted molar refractivity (Wildman–Crippen MR) is 59.1 cm³/mol. The number of hydrogen-bond donors (Lipinski definition) is 2. The van der Waals surface area contributed by atoms with Gasteiger partial charge in [-0.15, -0.1) is 0 Å². The quantitative estimate of drug-likeness (QED) is 0.676. The van der Waals surface area contributed by atoms with Gasteiger partial charge in [0.15, 0.2) is 0 Å². The molecular formula is C12H17FN2O2. The van der Waals surface area contributed by atoms with Gasteiger partial charge in [-0.1, -0.05) is 25.7 Å². The second kappa shape index (κ2) is 3.43. The van der Waals surface area contributed by atoms with Crippen LogP contribution in [0.25, 0.3) is 0 Å². The van der Waals surface area contributed by atoms with E-state index in [1.54, 1.807) is 0 Å². The van der Waals surface area contributed by atoms with Gasteiger partial charge in [-0.3, -0.25) is 10.1 Å². The summed E-state index contributed by atoms with van der Waals surface area (Å²) < 4.78 is 14.5. The molecule has 3 rings (SSSR count). The molecule has 0 unspecified atom stereocenters. The molecule has 2 saturated carbocycles. The second-order valence-corrected chi connectivity index (χ2v) is 5.68. The third-order valence-corrected chi connectivity index (χ3v) is 4.66. The fourth-order valence-electron chi connectivity index (χ4n) is 3.82. The van der Waals surface area contributed by atoms with E-state index in [1.807, 2.05) is 5.32 Å². The first kappa shape index (κ1) is 11.0. The van der Waals surface area contributed by atoms with Crippen molar-refractivity contribution in [1.82, 2.24) is 10.6 Å². The number of alkyl halides is 1. The van der Waals surface area contributed by atoms with E-state index in [-0.39, 0.29) is 11.8 Å². The number of urea groups is 1. The Morgan fingerprint density at radius 3 is 2.41 bits per heavy atom. The number of amides is 3. The van der Waals surface area contributed by atoms with Crippen molar-refractivity contribution in [2.75, 3.05) is 0 Å². The molecule has 1 spiro atoms. The van der Waals surface area contributed by atoms with E-state index < -0.39 is 23.6 Å². The molecular weight excluding hydrogens is 223 g/mol. The van der Waals surface area contributed by atoms with Crippen LogP contribution in [0.5, 0.6) is 0 Å². The Hall–Kier alpha value is -1.13. The van der Waals surface area contributed by atoms with E-state index in [0.29, 0.717) is 0 Å². The second-order valence-electron chi connectivity index (χ2n) is 5.68. The Balaban J connectivity index is 1.86. The number of halogens is 1. The number of carbonyl (C=O) groups excluding carboxylic acids is 2. The van der Waals surface area contributed by atoms with Crippen molar-refractivity contribution in [3.05, 3.63) is 0 Å². The fourth-order valence-corrected chi connectivity index (χ4v) is 3.82. The number of nitrogens with one attached hydrogen (secondary N) is 2. The summed E-state index contributed by atoms with van der Waals surface area (Å²) in [5, 5.41) is 4.65. The van der Waals surface area contributed by atoms with Crippen molar-refractivity contribution in [3.63, 3.8) is 0 Å². The Labute approximate surface area is 99.3 Å². The van der Waals surface area contributed by atoms with E-state index in [1.165, 1.54) is 12.8 Å². The third-order valence-electron chi connectivity index (χ3n) is 4.66. The highest BCUT2D eigenvalue weighted by Crippen LogP contribution is 2.58. The van der Waals surface area contributed by atoms with Gasteiger partial charge in [-0.05, 0) is 18.3 Å². The van der Waals surface area contributed by atoms with Gasteiger partial charge in [-0.25, -0.2) is 9.18 Å². The highest BCUT2D eigenvalue weighted by atomic mass is 19.1. The molecule has 0 aromatic carbocycles. The smallest absolute Gasteiger partial charge is 0.321 e. The van der Waals surface area contributed by atoms with Crippen LogP contribution in [0.15, 0.2) is 0 Å². The number of carbonyl (C=O) groups is 2. The maximum absolute atomic E-state index is 14.5. The molecule has 3 aliphatic rings. The first-order valence-electron chi connectivity index (χ1n) is 6.38. The lowest BCUT2D eigenvalue weighted by Crippen LogP contribution is -2.79. The van der Waals surface area contributed by atoms with Gasteiger partial charge in [0, 0.05) is 6.42 Å². The summed E-state index contributed by atoms with van der Waals surface area (Å²) in [4.78, 5) is 22.9.